The van der Waals surface area contributed by atoms with Crippen LogP contribution in [0, 0.1) is 0 Å². The van der Waals surface area contributed by atoms with E-state index in [-0.39, 0.29) is 4.90 Å². The fraction of sp³-hybridized carbons (Fsp3) is 0. The zero-order chi connectivity index (χ0) is 22.4. The van der Waals surface area contributed by atoms with Crippen molar-refractivity contribution in [1.82, 2.24) is 0 Å². The van der Waals surface area contributed by atoms with Gasteiger partial charge in [0.05, 0.1) is 4.90 Å². The van der Waals surface area contributed by atoms with Gasteiger partial charge in [0, 0.05) is 33.6 Å². The predicted molar refractivity (Wildman–Crippen MR) is 124 cm³/mol. The van der Waals surface area contributed by atoms with Crippen molar-refractivity contribution in [2.24, 2.45) is 5.14 Å². The summed E-state index contributed by atoms with van der Waals surface area (Å²) in [7, 11) is -3.87. The van der Waals surface area contributed by atoms with Crippen molar-refractivity contribution in [2.75, 3.05) is 10.6 Å². The van der Waals surface area contributed by atoms with E-state index in [4.69, 9.17) is 5.14 Å². The summed E-state index contributed by atoms with van der Waals surface area (Å²) in [5, 5.41) is 10.6. The largest absolute Gasteiger partial charge is 0.323 e. The molecule has 0 aliphatic carbocycles. The van der Waals surface area contributed by atoms with E-state index in [9.17, 15) is 18.0 Å². The molecule has 0 spiro atoms. The molecule has 0 radical (unpaired) electrons. The molecule has 9 heteroatoms. The first-order valence-corrected chi connectivity index (χ1v) is 11.3. The van der Waals surface area contributed by atoms with Crippen LogP contribution >= 0.6 is 15.9 Å². The molecular weight excluding hydrogens is 482 g/mol. The molecule has 0 fully saturated rings. The molecule has 0 saturated heterocycles. The fourth-order valence-electron chi connectivity index (χ4n) is 2.74. The Balaban J connectivity index is 1.63. The number of carbonyl (C=O) groups is 2. The molecular formula is C22H18BrN3O4S. The molecule has 158 valence electrons. The molecule has 31 heavy (non-hydrogen) atoms. The molecule has 0 aromatic heterocycles. The van der Waals surface area contributed by atoms with Crippen molar-refractivity contribution >= 4 is 49.1 Å². The Morgan fingerprint density at radius 2 is 1.26 bits per heavy atom. The molecule has 0 bridgehead atoms. The summed E-state index contributed by atoms with van der Waals surface area (Å²) in [5.41, 5.74) is 2.19. The van der Waals surface area contributed by atoms with Crippen LogP contribution in [-0.4, -0.2) is 20.2 Å². The van der Waals surface area contributed by atoms with E-state index in [2.05, 4.69) is 26.6 Å². The number of nitrogens with one attached hydrogen (secondary N) is 2. The molecule has 3 aromatic carbocycles. The average Bonchev–Trinajstić information content (AvgIpc) is 2.74. The SMILES string of the molecule is NS(=O)(=O)c1ccccc1-c1ccc(NC(=O)/C=C/C(=O)Nc2ccc(Br)cc2)cc1. The van der Waals surface area contributed by atoms with E-state index in [0.717, 1.165) is 16.6 Å². The Morgan fingerprint density at radius 3 is 1.77 bits per heavy atom. The lowest BCUT2D eigenvalue weighted by molar-refractivity contribution is -0.114. The molecule has 0 aliphatic rings. The normalized spacial score (nSPS) is 11.3. The lowest BCUT2D eigenvalue weighted by atomic mass is 10.1. The Kier molecular flexibility index (Phi) is 7.01. The van der Waals surface area contributed by atoms with Gasteiger partial charge in [0.15, 0.2) is 0 Å². The van der Waals surface area contributed by atoms with Crippen LogP contribution in [0.1, 0.15) is 0 Å². The van der Waals surface area contributed by atoms with E-state index in [1.54, 1.807) is 66.7 Å². The Hall–Kier alpha value is -3.27. The minimum absolute atomic E-state index is 0.0199. The summed E-state index contributed by atoms with van der Waals surface area (Å²) in [6.07, 6.45) is 2.26. The predicted octanol–water partition coefficient (Wildman–Crippen LogP) is 3.90. The molecule has 0 aliphatic heterocycles. The Morgan fingerprint density at radius 1 is 0.774 bits per heavy atom. The maximum absolute atomic E-state index is 12.1. The number of rotatable bonds is 6. The quantitative estimate of drug-likeness (QED) is 0.445. The standard InChI is InChI=1S/C22H18BrN3O4S/c23-16-7-11-18(12-8-16)26-22(28)14-13-21(27)25-17-9-5-15(6-10-17)19-3-1-2-4-20(19)31(24,29)30/h1-14H,(H,25,27)(H,26,28)(H2,24,29,30)/b14-13+. The summed E-state index contributed by atoms with van der Waals surface area (Å²) in [4.78, 5) is 24.0. The molecule has 0 atom stereocenters. The van der Waals surface area contributed by atoms with E-state index in [1.165, 1.54) is 6.07 Å². The van der Waals surface area contributed by atoms with Gasteiger partial charge in [-0.1, -0.05) is 46.3 Å². The second kappa shape index (κ2) is 9.69. The van der Waals surface area contributed by atoms with Crippen LogP contribution in [0.4, 0.5) is 11.4 Å². The average molecular weight is 500 g/mol. The summed E-state index contributed by atoms with van der Waals surface area (Å²) < 4.78 is 24.4. The highest BCUT2D eigenvalue weighted by Crippen LogP contribution is 2.27. The number of halogens is 1. The van der Waals surface area contributed by atoms with Crippen molar-refractivity contribution in [1.29, 1.82) is 0 Å². The van der Waals surface area contributed by atoms with E-state index < -0.39 is 21.8 Å². The van der Waals surface area contributed by atoms with E-state index in [1.807, 2.05) is 0 Å². The zero-order valence-electron chi connectivity index (χ0n) is 16.1. The van der Waals surface area contributed by atoms with Gasteiger partial charge in [0.25, 0.3) is 0 Å². The Bertz CT molecular complexity index is 1240. The van der Waals surface area contributed by atoms with Crippen LogP contribution in [0.15, 0.2) is 94.3 Å². The van der Waals surface area contributed by atoms with Gasteiger partial charge in [-0.3, -0.25) is 9.59 Å². The molecule has 0 saturated carbocycles. The second-order valence-electron chi connectivity index (χ2n) is 6.44. The second-order valence-corrected chi connectivity index (χ2v) is 8.88. The summed E-state index contributed by atoms with van der Waals surface area (Å²) in [5.74, 6) is -0.920. The summed E-state index contributed by atoms with van der Waals surface area (Å²) >= 11 is 3.31. The molecule has 0 heterocycles. The van der Waals surface area contributed by atoms with Gasteiger partial charge in [-0.15, -0.1) is 0 Å². The van der Waals surface area contributed by atoms with E-state index >= 15 is 0 Å². The molecule has 2 amide bonds. The number of nitrogens with two attached hydrogens (primary N) is 1. The summed E-state index contributed by atoms with van der Waals surface area (Å²) in [6, 6.07) is 20.0. The van der Waals surface area contributed by atoms with Crippen molar-refractivity contribution in [3.63, 3.8) is 0 Å². The fourth-order valence-corrected chi connectivity index (χ4v) is 3.76. The van der Waals surface area contributed by atoms with Crippen LogP contribution in [-0.2, 0) is 19.6 Å². The van der Waals surface area contributed by atoms with Gasteiger partial charge in [0.2, 0.25) is 21.8 Å². The van der Waals surface area contributed by atoms with Crippen molar-refractivity contribution in [3.8, 4) is 11.1 Å². The first-order valence-electron chi connectivity index (χ1n) is 9.00. The van der Waals surface area contributed by atoms with Gasteiger partial charge >= 0.3 is 0 Å². The van der Waals surface area contributed by atoms with Crippen molar-refractivity contribution in [2.45, 2.75) is 4.90 Å². The third kappa shape index (κ3) is 6.35. The monoisotopic (exact) mass is 499 g/mol. The number of primary sulfonamides is 1. The number of anilines is 2. The molecule has 7 nitrogen and oxygen atoms in total. The molecule has 3 aromatic rings. The third-order valence-corrected chi connectivity index (χ3v) is 5.65. The van der Waals surface area contributed by atoms with Gasteiger partial charge in [0.1, 0.15) is 0 Å². The smallest absolute Gasteiger partial charge is 0.248 e. The number of hydrogen-bond acceptors (Lipinski definition) is 4. The lowest BCUT2D eigenvalue weighted by Crippen LogP contribution is -2.13. The van der Waals surface area contributed by atoms with Crippen LogP contribution in [0.5, 0.6) is 0 Å². The first kappa shape index (κ1) is 22.4. The number of benzene rings is 3. The highest BCUT2D eigenvalue weighted by Gasteiger charge is 2.14. The molecule has 0 unspecified atom stereocenters. The lowest BCUT2D eigenvalue weighted by Gasteiger charge is -2.09. The first-order chi connectivity index (χ1) is 14.7. The van der Waals surface area contributed by atoms with Crippen molar-refractivity contribution < 1.29 is 18.0 Å². The zero-order valence-corrected chi connectivity index (χ0v) is 18.5. The maximum atomic E-state index is 12.1. The van der Waals surface area contributed by atoms with Crippen LogP contribution in [0.25, 0.3) is 11.1 Å². The summed E-state index contributed by atoms with van der Waals surface area (Å²) in [6.45, 7) is 0. The number of carbonyl (C=O) groups excluding carboxylic acids is 2. The highest BCUT2D eigenvalue weighted by atomic mass is 79.9. The van der Waals surface area contributed by atoms with Crippen LogP contribution in [0.2, 0.25) is 0 Å². The molecule has 4 N–H and O–H groups in total. The number of amides is 2. The minimum Gasteiger partial charge on any atom is -0.323 e. The van der Waals surface area contributed by atoms with Gasteiger partial charge in [-0.25, -0.2) is 13.6 Å². The van der Waals surface area contributed by atoms with Crippen LogP contribution in [0.3, 0.4) is 0 Å². The minimum atomic E-state index is -3.87. The number of sulfonamides is 1. The Labute approximate surface area is 188 Å². The van der Waals surface area contributed by atoms with E-state index in [0.29, 0.717) is 22.5 Å². The molecule has 3 rings (SSSR count). The third-order valence-electron chi connectivity index (χ3n) is 4.15. The van der Waals surface area contributed by atoms with Crippen LogP contribution < -0.4 is 15.8 Å². The van der Waals surface area contributed by atoms with Gasteiger partial charge in [-0.05, 0) is 48.0 Å². The number of hydrogen-bond donors (Lipinski definition) is 3. The van der Waals surface area contributed by atoms with Gasteiger partial charge < -0.3 is 10.6 Å². The van der Waals surface area contributed by atoms with Crippen molar-refractivity contribution in [3.05, 3.63) is 89.4 Å². The van der Waals surface area contributed by atoms with Gasteiger partial charge in [-0.2, -0.15) is 0 Å². The topological polar surface area (TPSA) is 118 Å². The maximum Gasteiger partial charge on any atom is 0.248 e. The highest BCUT2D eigenvalue weighted by molar-refractivity contribution is 9.10.